The zero-order valence-electron chi connectivity index (χ0n) is 13.7. The highest BCUT2D eigenvalue weighted by molar-refractivity contribution is 5.94. The van der Waals surface area contributed by atoms with Gasteiger partial charge in [-0.05, 0) is 35.6 Å². The van der Waals surface area contributed by atoms with Crippen molar-refractivity contribution in [1.82, 2.24) is 10.2 Å². The molecule has 0 unspecified atom stereocenters. The maximum absolute atomic E-state index is 12.8. The van der Waals surface area contributed by atoms with Gasteiger partial charge in [0.1, 0.15) is 12.4 Å². The van der Waals surface area contributed by atoms with Gasteiger partial charge in [0.25, 0.3) is 5.91 Å². The molecular weight excluding hydrogens is 300 g/mol. The number of hydrogen-bond acceptors (Lipinski definition) is 3. The minimum absolute atomic E-state index is 0.120. The number of carbonyl (C=O) groups excluding carboxylic acids is 1. The summed E-state index contributed by atoms with van der Waals surface area (Å²) >= 11 is 0. The summed E-state index contributed by atoms with van der Waals surface area (Å²) in [4.78, 5) is 14.7. The van der Waals surface area contributed by atoms with Crippen molar-refractivity contribution in [2.45, 2.75) is 6.61 Å². The Morgan fingerprint density at radius 2 is 1.79 bits per heavy atom. The summed E-state index contributed by atoms with van der Waals surface area (Å²) < 4.78 is 5.84. The molecule has 0 aromatic heterocycles. The third-order valence-electron chi connectivity index (χ3n) is 5.01. The van der Waals surface area contributed by atoms with Gasteiger partial charge in [0.05, 0.1) is 0 Å². The van der Waals surface area contributed by atoms with Crippen LogP contribution in [0.5, 0.6) is 5.75 Å². The van der Waals surface area contributed by atoms with Gasteiger partial charge in [-0.3, -0.25) is 4.79 Å². The molecule has 0 bridgehead atoms. The first kappa shape index (κ1) is 15.2. The molecule has 2 heterocycles. The Bertz CT molecular complexity index is 705. The van der Waals surface area contributed by atoms with E-state index in [-0.39, 0.29) is 5.91 Å². The van der Waals surface area contributed by atoms with Crippen molar-refractivity contribution in [3.8, 4) is 5.75 Å². The van der Waals surface area contributed by atoms with Crippen molar-refractivity contribution in [2.75, 3.05) is 26.2 Å². The molecule has 2 aromatic rings. The third-order valence-corrected chi connectivity index (χ3v) is 5.01. The molecule has 24 heavy (non-hydrogen) atoms. The maximum Gasteiger partial charge on any atom is 0.254 e. The zero-order valence-corrected chi connectivity index (χ0v) is 13.7. The summed E-state index contributed by atoms with van der Waals surface area (Å²) in [7, 11) is 0. The average molecular weight is 322 g/mol. The Hall–Kier alpha value is -2.33. The number of ether oxygens (including phenoxy) is 1. The normalized spacial score (nSPS) is 22.4. The molecule has 0 aliphatic carbocycles. The maximum atomic E-state index is 12.8. The number of amides is 1. The van der Waals surface area contributed by atoms with Gasteiger partial charge in [-0.2, -0.15) is 0 Å². The highest BCUT2D eigenvalue weighted by Gasteiger charge is 2.38. The molecule has 124 valence electrons. The van der Waals surface area contributed by atoms with Crippen molar-refractivity contribution in [3.05, 3.63) is 65.7 Å². The van der Waals surface area contributed by atoms with E-state index in [9.17, 15) is 4.79 Å². The van der Waals surface area contributed by atoms with Gasteiger partial charge < -0.3 is 15.0 Å². The standard InChI is InChI=1S/C20H22N2O2/c23-20(22-12-17-10-21-11-18(17)13-22)16-7-4-8-19(9-16)24-14-15-5-2-1-3-6-15/h1-9,17-18,21H,10-14H2/t17-,18+. The van der Waals surface area contributed by atoms with Crippen LogP contribution in [0.3, 0.4) is 0 Å². The fraction of sp³-hybridized carbons (Fsp3) is 0.350. The number of carbonyl (C=O) groups is 1. The van der Waals surface area contributed by atoms with E-state index in [0.29, 0.717) is 24.0 Å². The lowest BCUT2D eigenvalue weighted by molar-refractivity contribution is 0.0781. The van der Waals surface area contributed by atoms with Crippen LogP contribution in [-0.4, -0.2) is 37.0 Å². The number of fused-ring (bicyclic) bond motifs is 1. The van der Waals surface area contributed by atoms with Gasteiger partial charge in [-0.15, -0.1) is 0 Å². The molecule has 4 heteroatoms. The average Bonchev–Trinajstić information content (AvgIpc) is 3.22. The van der Waals surface area contributed by atoms with Crippen LogP contribution in [0.1, 0.15) is 15.9 Å². The fourth-order valence-corrected chi connectivity index (χ4v) is 3.66. The molecule has 4 rings (SSSR count). The molecule has 0 radical (unpaired) electrons. The predicted octanol–water partition coefficient (Wildman–Crippen LogP) is 2.56. The van der Waals surface area contributed by atoms with Gasteiger partial charge in [0.15, 0.2) is 0 Å². The SMILES string of the molecule is O=C(c1cccc(OCc2ccccc2)c1)N1C[C@H]2CNC[C@H]2C1. The molecule has 2 saturated heterocycles. The monoisotopic (exact) mass is 322 g/mol. The summed E-state index contributed by atoms with van der Waals surface area (Å²) in [5, 5.41) is 3.41. The predicted molar refractivity (Wildman–Crippen MR) is 93.0 cm³/mol. The Morgan fingerprint density at radius 1 is 1.04 bits per heavy atom. The van der Waals surface area contributed by atoms with E-state index >= 15 is 0 Å². The molecule has 0 saturated carbocycles. The van der Waals surface area contributed by atoms with E-state index < -0.39 is 0 Å². The van der Waals surface area contributed by atoms with Crippen molar-refractivity contribution in [2.24, 2.45) is 11.8 Å². The van der Waals surface area contributed by atoms with Gasteiger partial charge in [-0.1, -0.05) is 36.4 Å². The Labute approximate surface area is 142 Å². The summed E-state index contributed by atoms with van der Waals surface area (Å²) in [6.45, 7) is 4.32. The quantitative estimate of drug-likeness (QED) is 0.940. The minimum Gasteiger partial charge on any atom is -0.489 e. The van der Waals surface area contributed by atoms with Crippen LogP contribution < -0.4 is 10.1 Å². The van der Waals surface area contributed by atoms with Gasteiger partial charge in [0, 0.05) is 31.7 Å². The highest BCUT2D eigenvalue weighted by Crippen LogP contribution is 2.28. The van der Waals surface area contributed by atoms with Gasteiger partial charge in [-0.25, -0.2) is 0 Å². The molecule has 2 aromatic carbocycles. The summed E-state index contributed by atoms with van der Waals surface area (Å²) in [6.07, 6.45) is 0. The second-order valence-corrected chi connectivity index (χ2v) is 6.69. The Morgan fingerprint density at radius 3 is 2.54 bits per heavy atom. The topological polar surface area (TPSA) is 41.6 Å². The van der Waals surface area contributed by atoms with Crippen LogP contribution in [-0.2, 0) is 6.61 Å². The van der Waals surface area contributed by atoms with Crippen LogP contribution in [0.25, 0.3) is 0 Å². The number of nitrogens with one attached hydrogen (secondary N) is 1. The van der Waals surface area contributed by atoms with Crippen LogP contribution in [0.15, 0.2) is 54.6 Å². The first-order valence-corrected chi connectivity index (χ1v) is 8.56. The second-order valence-electron chi connectivity index (χ2n) is 6.69. The first-order valence-electron chi connectivity index (χ1n) is 8.56. The van der Waals surface area contributed by atoms with E-state index in [0.717, 1.165) is 37.5 Å². The summed E-state index contributed by atoms with van der Waals surface area (Å²) in [6, 6.07) is 17.6. The molecule has 2 aliphatic heterocycles. The van der Waals surface area contributed by atoms with Crippen molar-refractivity contribution in [1.29, 1.82) is 0 Å². The van der Waals surface area contributed by atoms with Crippen molar-refractivity contribution >= 4 is 5.91 Å². The summed E-state index contributed by atoms with van der Waals surface area (Å²) in [5.41, 5.74) is 1.84. The number of likely N-dealkylation sites (tertiary alicyclic amines) is 1. The number of hydrogen-bond donors (Lipinski definition) is 1. The largest absolute Gasteiger partial charge is 0.489 e. The van der Waals surface area contributed by atoms with Crippen LogP contribution in [0.4, 0.5) is 0 Å². The Balaban J connectivity index is 1.41. The summed E-state index contributed by atoms with van der Waals surface area (Å²) in [5.74, 6) is 2.10. The van der Waals surface area contributed by atoms with Crippen LogP contribution in [0.2, 0.25) is 0 Å². The number of rotatable bonds is 4. The molecule has 2 fully saturated rings. The zero-order chi connectivity index (χ0) is 16.4. The number of nitrogens with zero attached hydrogens (tertiary/aromatic N) is 1. The lowest BCUT2D eigenvalue weighted by Crippen LogP contribution is -2.31. The van der Waals surface area contributed by atoms with Crippen LogP contribution in [0, 0.1) is 11.8 Å². The highest BCUT2D eigenvalue weighted by atomic mass is 16.5. The third kappa shape index (κ3) is 3.15. The van der Waals surface area contributed by atoms with E-state index in [1.165, 1.54) is 0 Å². The van der Waals surface area contributed by atoms with Crippen LogP contribution >= 0.6 is 0 Å². The van der Waals surface area contributed by atoms with E-state index in [2.05, 4.69) is 5.32 Å². The van der Waals surface area contributed by atoms with Gasteiger partial charge in [0.2, 0.25) is 0 Å². The molecule has 1 amide bonds. The molecular formula is C20H22N2O2. The first-order chi connectivity index (χ1) is 11.8. The van der Waals surface area contributed by atoms with E-state index in [1.54, 1.807) is 0 Å². The van der Waals surface area contributed by atoms with E-state index in [1.807, 2.05) is 59.5 Å². The molecule has 2 atom stereocenters. The molecule has 0 spiro atoms. The van der Waals surface area contributed by atoms with E-state index in [4.69, 9.17) is 4.74 Å². The van der Waals surface area contributed by atoms with Gasteiger partial charge >= 0.3 is 0 Å². The Kier molecular flexibility index (Phi) is 4.22. The molecule has 4 nitrogen and oxygen atoms in total. The second kappa shape index (κ2) is 6.65. The fourth-order valence-electron chi connectivity index (χ4n) is 3.66. The lowest BCUT2D eigenvalue weighted by atomic mass is 10.0. The van der Waals surface area contributed by atoms with Crippen molar-refractivity contribution in [3.63, 3.8) is 0 Å². The molecule has 2 aliphatic rings. The number of benzene rings is 2. The molecule has 1 N–H and O–H groups in total. The lowest BCUT2D eigenvalue weighted by Gasteiger charge is -2.18. The van der Waals surface area contributed by atoms with Crippen molar-refractivity contribution < 1.29 is 9.53 Å². The smallest absolute Gasteiger partial charge is 0.254 e. The minimum atomic E-state index is 0.120.